The predicted octanol–water partition coefficient (Wildman–Crippen LogP) is 2.76. The van der Waals surface area contributed by atoms with Gasteiger partial charge in [-0.05, 0) is 18.6 Å². The first-order valence-electron chi connectivity index (χ1n) is 5.51. The molecule has 0 saturated carbocycles. The number of aromatic nitrogens is 1. The van der Waals surface area contributed by atoms with E-state index in [4.69, 9.17) is 11.6 Å². The third-order valence-corrected chi connectivity index (χ3v) is 4.90. The van der Waals surface area contributed by atoms with Crippen molar-refractivity contribution in [3.63, 3.8) is 0 Å². The average molecular weight is 331 g/mol. The molecule has 1 aromatic carbocycles. The summed E-state index contributed by atoms with van der Waals surface area (Å²) in [4.78, 5) is 15.9. The molecule has 0 aliphatic rings. The lowest BCUT2D eigenvalue weighted by atomic mass is 10.1. The number of nitrogens with one attached hydrogen (secondary N) is 1. The zero-order valence-corrected chi connectivity index (χ0v) is 13.1. The van der Waals surface area contributed by atoms with Gasteiger partial charge in [0.25, 0.3) is 5.91 Å². The minimum atomic E-state index is -3.38. The summed E-state index contributed by atoms with van der Waals surface area (Å²) in [5, 5.41) is 4.44. The smallest absolute Gasteiger partial charge is 0.258 e. The molecule has 8 heteroatoms. The van der Waals surface area contributed by atoms with E-state index in [1.807, 2.05) is 0 Å². The van der Waals surface area contributed by atoms with Crippen LogP contribution in [0.4, 0.5) is 5.13 Å². The molecule has 0 atom stereocenters. The van der Waals surface area contributed by atoms with Gasteiger partial charge in [0.2, 0.25) is 0 Å². The quantitative estimate of drug-likeness (QED) is 0.938. The van der Waals surface area contributed by atoms with Gasteiger partial charge in [0, 0.05) is 11.6 Å². The van der Waals surface area contributed by atoms with Crippen LogP contribution in [0.1, 0.15) is 15.9 Å². The normalized spacial score (nSPS) is 11.3. The van der Waals surface area contributed by atoms with Gasteiger partial charge in [-0.15, -0.1) is 11.3 Å². The number of sulfone groups is 1. The minimum absolute atomic E-state index is 0.0619. The Morgan fingerprint density at radius 3 is 2.70 bits per heavy atom. The van der Waals surface area contributed by atoms with Gasteiger partial charge in [-0.25, -0.2) is 13.4 Å². The maximum absolute atomic E-state index is 12.1. The van der Waals surface area contributed by atoms with E-state index in [0.29, 0.717) is 10.6 Å². The molecule has 5 nitrogen and oxygen atoms in total. The number of aryl methyl sites for hydroxylation is 1. The highest BCUT2D eigenvalue weighted by Crippen LogP contribution is 2.23. The number of halogens is 1. The van der Waals surface area contributed by atoms with Gasteiger partial charge in [-0.2, -0.15) is 0 Å². The second-order valence-corrected chi connectivity index (χ2v) is 7.35. The molecule has 1 N–H and O–H groups in total. The number of anilines is 1. The van der Waals surface area contributed by atoms with Crippen LogP contribution in [0.5, 0.6) is 0 Å². The molecule has 0 radical (unpaired) electrons. The number of carbonyl (C=O) groups is 1. The van der Waals surface area contributed by atoms with Gasteiger partial charge in [0.1, 0.15) is 0 Å². The van der Waals surface area contributed by atoms with Crippen LogP contribution in [0.3, 0.4) is 0 Å². The van der Waals surface area contributed by atoms with Crippen molar-refractivity contribution < 1.29 is 13.2 Å². The maximum atomic E-state index is 12.1. The van der Waals surface area contributed by atoms with Crippen LogP contribution in [-0.4, -0.2) is 25.6 Å². The van der Waals surface area contributed by atoms with Gasteiger partial charge >= 0.3 is 0 Å². The largest absolute Gasteiger partial charge is 0.298 e. The Balaban J connectivity index is 2.24. The maximum Gasteiger partial charge on any atom is 0.258 e. The average Bonchev–Trinajstić information content (AvgIpc) is 2.81. The first-order valence-corrected chi connectivity index (χ1v) is 8.66. The van der Waals surface area contributed by atoms with E-state index in [0.717, 1.165) is 23.2 Å². The second-order valence-electron chi connectivity index (χ2n) is 4.15. The first-order chi connectivity index (χ1) is 9.29. The highest BCUT2D eigenvalue weighted by molar-refractivity contribution is 7.90. The predicted molar refractivity (Wildman–Crippen MR) is 79.4 cm³/mol. The summed E-state index contributed by atoms with van der Waals surface area (Å²) in [5.41, 5.74) is 1.11. The molecule has 106 valence electrons. The van der Waals surface area contributed by atoms with Crippen LogP contribution in [0.2, 0.25) is 5.02 Å². The number of thiazole rings is 1. The number of hydrogen-bond donors (Lipinski definition) is 1. The molecular formula is C12H11ClN2O3S2. The Bertz CT molecular complexity index is 769. The number of benzene rings is 1. The fraction of sp³-hybridized carbons (Fsp3) is 0.167. The molecule has 0 spiro atoms. The van der Waals surface area contributed by atoms with Gasteiger partial charge in [0.15, 0.2) is 20.0 Å². The Morgan fingerprint density at radius 1 is 1.40 bits per heavy atom. The highest BCUT2D eigenvalue weighted by atomic mass is 35.5. The highest BCUT2D eigenvalue weighted by Gasteiger charge is 2.16. The second kappa shape index (κ2) is 5.51. The van der Waals surface area contributed by atoms with Crippen molar-refractivity contribution in [3.05, 3.63) is 39.7 Å². The van der Waals surface area contributed by atoms with Crippen molar-refractivity contribution in [3.8, 4) is 0 Å². The molecule has 1 amide bonds. The lowest BCUT2D eigenvalue weighted by Crippen LogP contribution is -2.13. The Morgan fingerprint density at radius 2 is 2.10 bits per heavy atom. The van der Waals surface area contributed by atoms with Crippen LogP contribution in [0, 0.1) is 6.92 Å². The van der Waals surface area contributed by atoms with Crippen LogP contribution in [-0.2, 0) is 9.84 Å². The summed E-state index contributed by atoms with van der Waals surface area (Å²) in [6.45, 7) is 1.80. The van der Waals surface area contributed by atoms with Gasteiger partial charge in [-0.1, -0.05) is 23.7 Å². The third-order valence-electron chi connectivity index (χ3n) is 2.52. The third kappa shape index (κ3) is 3.17. The summed E-state index contributed by atoms with van der Waals surface area (Å²) in [6, 6.07) is 5.11. The van der Waals surface area contributed by atoms with E-state index in [-0.39, 0.29) is 10.2 Å². The number of carbonyl (C=O) groups excluding carboxylic acids is 1. The lowest BCUT2D eigenvalue weighted by Gasteiger charge is -2.05. The van der Waals surface area contributed by atoms with E-state index in [1.165, 1.54) is 5.38 Å². The van der Waals surface area contributed by atoms with Crippen molar-refractivity contribution in [1.82, 2.24) is 4.98 Å². The van der Waals surface area contributed by atoms with Gasteiger partial charge in [0.05, 0.1) is 10.6 Å². The fourth-order valence-corrected chi connectivity index (χ4v) is 3.41. The summed E-state index contributed by atoms with van der Waals surface area (Å²) < 4.78 is 22.6. The van der Waals surface area contributed by atoms with Gasteiger partial charge in [-0.3, -0.25) is 10.1 Å². The van der Waals surface area contributed by atoms with Crippen LogP contribution >= 0.6 is 22.9 Å². The molecule has 0 unspecified atom stereocenters. The van der Waals surface area contributed by atoms with E-state index in [1.54, 1.807) is 25.1 Å². The summed E-state index contributed by atoms with van der Waals surface area (Å²) in [6.07, 6.45) is 1.06. The van der Waals surface area contributed by atoms with Crippen molar-refractivity contribution in [2.75, 3.05) is 11.6 Å². The van der Waals surface area contributed by atoms with Crippen LogP contribution in [0.15, 0.2) is 28.6 Å². The lowest BCUT2D eigenvalue weighted by molar-refractivity contribution is 0.102. The van der Waals surface area contributed by atoms with Crippen molar-refractivity contribution in [2.45, 2.75) is 11.9 Å². The molecule has 2 aromatic rings. The monoisotopic (exact) mass is 330 g/mol. The Hall–Kier alpha value is -1.44. The Kier molecular flexibility index (Phi) is 4.12. The number of nitrogens with zero attached hydrogens (tertiary/aromatic N) is 1. The molecule has 20 heavy (non-hydrogen) atoms. The number of hydrogen-bond acceptors (Lipinski definition) is 5. The first kappa shape index (κ1) is 15.0. The van der Waals surface area contributed by atoms with Gasteiger partial charge < -0.3 is 0 Å². The topological polar surface area (TPSA) is 76.1 Å². The molecule has 1 aromatic heterocycles. The van der Waals surface area contributed by atoms with Crippen LogP contribution < -0.4 is 5.32 Å². The molecule has 0 bridgehead atoms. The summed E-state index contributed by atoms with van der Waals surface area (Å²) in [7, 11) is -3.38. The SMILES string of the molecule is Cc1cccc(C(=O)Nc2nc(S(C)(=O)=O)cs2)c1Cl. The molecule has 0 aliphatic carbocycles. The van der Waals surface area contributed by atoms with E-state index >= 15 is 0 Å². The number of amides is 1. The fourth-order valence-electron chi connectivity index (χ4n) is 1.47. The molecule has 0 saturated heterocycles. The molecular weight excluding hydrogens is 320 g/mol. The van der Waals surface area contributed by atoms with E-state index < -0.39 is 15.7 Å². The van der Waals surface area contributed by atoms with Crippen LogP contribution in [0.25, 0.3) is 0 Å². The van der Waals surface area contributed by atoms with Crippen molar-refractivity contribution in [2.24, 2.45) is 0 Å². The zero-order valence-electron chi connectivity index (χ0n) is 10.7. The van der Waals surface area contributed by atoms with Crippen molar-refractivity contribution in [1.29, 1.82) is 0 Å². The van der Waals surface area contributed by atoms with E-state index in [2.05, 4.69) is 10.3 Å². The summed E-state index contributed by atoms with van der Waals surface area (Å²) in [5.74, 6) is -0.423. The molecule has 1 heterocycles. The number of rotatable bonds is 3. The standard InChI is InChI=1S/C12H11ClN2O3S2/c1-7-4-3-5-8(10(7)13)11(16)15-12-14-9(6-19-12)20(2,17)18/h3-6H,1-2H3,(H,14,15,16). The molecule has 0 fully saturated rings. The summed E-state index contributed by atoms with van der Waals surface area (Å²) >= 11 is 7.10. The zero-order chi connectivity index (χ0) is 14.9. The van der Waals surface area contributed by atoms with Crippen molar-refractivity contribution >= 4 is 43.8 Å². The van der Waals surface area contributed by atoms with E-state index in [9.17, 15) is 13.2 Å². The molecule has 2 rings (SSSR count). The Labute approximate surface area is 125 Å². The minimum Gasteiger partial charge on any atom is -0.298 e. The molecule has 0 aliphatic heterocycles.